The molecule has 2 heterocycles. The van der Waals surface area contributed by atoms with Crippen molar-refractivity contribution in [2.45, 2.75) is 56.3 Å². The van der Waals surface area contributed by atoms with Crippen molar-refractivity contribution in [2.75, 3.05) is 0 Å². The zero-order chi connectivity index (χ0) is 33.4. The van der Waals surface area contributed by atoms with E-state index in [2.05, 4.69) is 25.9 Å². The van der Waals surface area contributed by atoms with Gasteiger partial charge in [0.1, 0.15) is 18.1 Å². The van der Waals surface area contributed by atoms with Crippen LogP contribution in [0.4, 0.5) is 0 Å². The summed E-state index contributed by atoms with van der Waals surface area (Å²) in [6.45, 7) is 0. The van der Waals surface area contributed by atoms with Gasteiger partial charge in [-0.05, 0) is 29.7 Å². The van der Waals surface area contributed by atoms with Gasteiger partial charge in [0, 0.05) is 53.5 Å². The van der Waals surface area contributed by atoms with Gasteiger partial charge >= 0.3 is 11.9 Å². The molecule has 0 saturated carbocycles. The molecule has 0 aliphatic carbocycles. The Hall–Kier alpha value is -5.70. The molecule has 4 aromatic rings. The number of fused-ring (bicyclic) bond motifs is 2. The van der Waals surface area contributed by atoms with Crippen molar-refractivity contribution in [1.29, 1.82) is 0 Å². The Morgan fingerprint density at radius 2 is 1.17 bits per heavy atom. The molecular weight excluding hydrogens is 598 g/mol. The Labute approximate surface area is 262 Å². The second-order valence-electron chi connectivity index (χ2n) is 10.9. The predicted molar refractivity (Wildman–Crippen MR) is 166 cm³/mol. The molecule has 15 heteroatoms. The van der Waals surface area contributed by atoms with Crippen LogP contribution < -0.4 is 27.4 Å². The van der Waals surface area contributed by atoms with Crippen molar-refractivity contribution in [1.82, 2.24) is 25.9 Å². The number of nitrogens with two attached hydrogens (primary N) is 2. The molecule has 0 fully saturated rings. The van der Waals surface area contributed by atoms with Gasteiger partial charge in [0.25, 0.3) is 0 Å². The molecule has 0 bridgehead atoms. The third kappa shape index (κ3) is 8.47. The Bertz CT molecular complexity index is 1760. The smallest absolute Gasteiger partial charge is 0.326 e. The van der Waals surface area contributed by atoms with Gasteiger partial charge in [-0.25, -0.2) is 4.79 Å². The number of H-pyrrole nitrogens is 2. The molecule has 242 valence electrons. The minimum Gasteiger partial charge on any atom is -0.481 e. The van der Waals surface area contributed by atoms with Crippen molar-refractivity contribution < 1.29 is 39.0 Å². The van der Waals surface area contributed by atoms with E-state index in [4.69, 9.17) is 16.6 Å². The van der Waals surface area contributed by atoms with Gasteiger partial charge in [-0.2, -0.15) is 0 Å². The van der Waals surface area contributed by atoms with E-state index in [0.717, 1.165) is 21.8 Å². The molecule has 4 atom stereocenters. The van der Waals surface area contributed by atoms with Crippen LogP contribution in [0.5, 0.6) is 0 Å². The van der Waals surface area contributed by atoms with Crippen LogP contribution in [0, 0.1) is 0 Å². The number of nitrogens with one attached hydrogen (secondary N) is 5. The van der Waals surface area contributed by atoms with Gasteiger partial charge in [-0.15, -0.1) is 0 Å². The SMILES string of the molecule is NC(=O)CC(NC(=O)C(Cc1c[nH]c2ccccc12)NC(=O)C(N)CCC(=O)O)C(=O)NC(Cc1c[nH]c2ccccc12)C(=O)O. The van der Waals surface area contributed by atoms with Crippen LogP contribution in [-0.4, -0.2) is 79.9 Å². The van der Waals surface area contributed by atoms with Crippen molar-refractivity contribution >= 4 is 57.4 Å². The molecule has 11 N–H and O–H groups in total. The van der Waals surface area contributed by atoms with Crippen LogP contribution in [0.2, 0.25) is 0 Å². The Morgan fingerprint density at radius 1 is 0.696 bits per heavy atom. The lowest BCUT2D eigenvalue weighted by molar-refractivity contribution is -0.142. The molecular formula is C31H35N7O8. The lowest BCUT2D eigenvalue weighted by Gasteiger charge is -2.25. The van der Waals surface area contributed by atoms with Gasteiger partial charge in [0.05, 0.1) is 12.5 Å². The lowest BCUT2D eigenvalue weighted by atomic mass is 10.0. The number of para-hydroxylation sites is 2. The molecule has 0 radical (unpaired) electrons. The highest BCUT2D eigenvalue weighted by molar-refractivity contribution is 5.97. The second kappa shape index (κ2) is 14.9. The maximum atomic E-state index is 13.6. The molecule has 4 amide bonds. The van der Waals surface area contributed by atoms with Crippen LogP contribution in [-0.2, 0) is 41.6 Å². The number of hydrogen-bond donors (Lipinski definition) is 9. The third-order valence-corrected chi connectivity index (χ3v) is 7.49. The summed E-state index contributed by atoms with van der Waals surface area (Å²) in [6.07, 6.45) is 1.88. The fourth-order valence-corrected chi connectivity index (χ4v) is 5.09. The van der Waals surface area contributed by atoms with Crippen LogP contribution in [0.1, 0.15) is 30.4 Å². The quantitative estimate of drug-likeness (QED) is 0.0805. The monoisotopic (exact) mass is 633 g/mol. The summed E-state index contributed by atoms with van der Waals surface area (Å²) < 4.78 is 0. The minimum atomic E-state index is -1.59. The first-order valence-electron chi connectivity index (χ1n) is 14.4. The van der Waals surface area contributed by atoms with Gasteiger partial charge < -0.3 is 47.6 Å². The molecule has 4 unspecified atom stereocenters. The van der Waals surface area contributed by atoms with E-state index < -0.39 is 66.2 Å². The summed E-state index contributed by atoms with van der Waals surface area (Å²) in [5.74, 6) is -6.11. The van der Waals surface area contributed by atoms with Gasteiger partial charge in [-0.3, -0.25) is 24.0 Å². The number of carbonyl (C=O) groups is 6. The highest BCUT2D eigenvalue weighted by Gasteiger charge is 2.32. The second-order valence-corrected chi connectivity index (χ2v) is 10.9. The fraction of sp³-hybridized carbons (Fsp3) is 0.290. The number of rotatable bonds is 16. The Morgan fingerprint density at radius 3 is 1.70 bits per heavy atom. The molecule has 0 spiro atoms. The average molecular weight is 634 g/mol. The van der Waals surface area contributed by atoms with Crippen LogP contribution in [0.25, 0.3) is 21.8 Å². The zero-order valence-corrected chi connectivity index (χ0v) is 24.6. The van der Waals surface area contributed by atoms with E-state index in [9.17, 15) is 33.9 Å². The van der Waals surface area contributed by atoms with Crippen LogP contribution >= 0.6 is 0 Å². The first-order chi connectivity index (χ1) is 21.9. The van der Waals surface area contributed by atoms with Crippen LogP contribution in [0.15, 0.2) is 60.9 Å². The number of aliphatic carboxylic acids is 2. The standard InChI is InChI=1S/C31H35N7O8/c32-20(9-10-27(40)41)28(42)36-23(11-16-14-34-21-7-3-1-5-18(16)21)29(43)37-24(13-26(33)39)30(44)38-25(31(45)46)12-17-15-35-22-8-4-2-6-19(17)22/h1-8,14-15,20,23-25,34-35H,9-13,32H2,(H2,33,39)(H,36,42)(H,37,43)(H,38,44)(H,40,41)(H,45,46). The highest BCUT2D eigenvalue weighted by atomic mass is 16.4. The van der Waals surface area contributed by atoms with Gasteiger partial charge in [0.15, 0.2) is 0 Å². The number of hydrogen-bond acceptors (Lipinski definition) is 7. The summed E-state index contributed by atoms with van der Waals surface area (Å²) in [7, 11) is 0. The van der Waals surface area contributed by atoms with E-state index in [0.29, 0.717) is 11.1 Å². The molecule has 0 aliphatic heterocycles. The number of aromatic amines is 2. The number of carboxylic acid groups (broad SMARTS) is 2. The fourth-order valence-electron chi connectivity index (χ4n) is 5.09. The summed E-state index contributed by atoms with van der Waals surface area (Å²) in [5, 5.41) is 27.7. The average Bonchev–Trinajstić information content (AvgIpc) is 3.62. The van der Waals surface area contributed by atoms with E-state index >= 15 is 0 Å². The predicted octanol–water partition coefficient (Wildman–Crippen LogP) is 0.0409. The van der Waals surface area contributed by atoms with Crippen molar-refractivity contribution in [3.63, 3.8) is 0 Å². The third-order valence-electron chi connectivity index (χ3n) is 7.49. The van der Waals surface area contributed by atoms with E-state index in [1.54, 1.807) is 36.7 Å². The Kier molecular flexibility index (Phi) is 10.7. The largest absolute Gasteiger partial charge is 0.481 e. The van der Waals surface area contributed by atoms with Crippen LogP contribution in [0.3, 0.4) is 0 Å². The normalized spacial score (nSPS) is 13.8. The molecule has 2 aromatic heterocycles. The maximum Gasteiger partial charge on any atom is 0.326 e. The minimum absolute atomic E-state index is 0.0730. The van der Waals surface area contributed by atoms with Crippen molar-refractivity contribution in [3.8, 4) is 0 Å². The summed E-state index contributed by atoms with van der Waals surface area (Å²) >= 11 is 0. The van der Waals surface area contributed by atoms with E-state index in [1.807, 2.05) is 24.3 Å². The Balaban J connectivity index is 1.54. The molecule has 2 aromatic carbocycles. The summed E-state index contributed by atoms with van der Waals surface area (Å²) in [4.78, 5) is 81.0. The molecule has 46 heavy (non-hydrogen) atoms. The van der Waals surface area contributed by atoms with E-state index in [-0.39, 0.29) is 25.7 Å². The summed E-state index contributed by atoms with van der Waals surface area (Å²) in [6, 6.07) is 8.85. The first-order valence-corrected chi connectivity index (χ1v) is 14.4. The lowest BCUT2D eigenvalue weighted by Crippen LogP contribution is -2.58. The van der Waals surface area contributed by atoms with Gasteiger partial charge in [0.2, 0.25) is 23.6 Å². The topological polar surface area (TPSA) is 263 Å². The number of carboxylic acids is 2. The van der Waals surface area contributed by atoms with Gasteiger partial charge in [-0.1, -0.05) is 36.4 Å². The molecule has 0 saturated heterocycles. The molecule has 4 rings (SSSR count). The summed E-state index contributed by atoms with van der Waals surface area (Å²) in [5.41, 5.74) is 14.0. The number of carbonyl (C=O) groups excluding carboxylic acids is 4. The molecule has 0 aliphatic rings. The van der Waals surface area contributed by atoms with Crippen molar-refractivity contribution in [3.05, 3.63) is 72.1 Å². The highest BCUT2D eigenvalue weighted by Crippen LogP contribution is 2.21. The zero-order valence-electron chi connectivity index (χ0n) is 24.6. The number of primary amides is 1. The molecule has 15 nitrogen and oxygen atoms in total. The number of benzene rings is 2. The number of aromatic nitrogens is 2. The number of amides is 4. The maximum absolute atomic E-state index is 13.6. The van der Waals surface area contributed by atoms with Crippen molar-refractivity contribution in [2.24, 2.45) is 11.5 Å². The first kappa shape index (κ1) is 33.2. The van der Waals surface area contributed by atoms with E-state index in [1.165, 1.54) is 0 Å².